The van der Waals surface area contributed by atoms with Crippen LogP contribution < -0.4 is 0 Å². The minimum absolute atomic E-state index is 0.263. The van der Waals surface area contributed by atoms with Crippen LogP contribution >= 0.6 is 0 Å². The standard InChI is InChI=1S/C24H35F2NO3/c1-30-27-23-14-13-19(10-6-2-3-8-12-24(28)29)22(23)11-7-4-5-9-18-15-20(25)17-21(26)16-18/h15-17,19,22H,2-14H2,1H3,(H,28,29)/b27-23-/t19-,22+/m0/s1. The number of halogens is 2. The first kappa shape index (κ1) is 24.3. The molecule has 0 spiro atoms. The van der Waals surface area contributed by atoms with Crippen LogP contribution in [0, 0.1) is 23.5 Å². The number of carboxylic acids is 1. The van der Waals surface area contributed by atoms with Crippen LogP contribution in [0.2, 0.25) is 0 Å². The number of benzene rings is 1. The Morgan fingerprint density at radius 2 is 1.70 bits per heavy atom. The first-order valence-corrected chi connectivity index (χ1v) is 11.3. The highest BCUT2D eigenvalue weighted by Crippen LogP contribution is 2.37. The van der Waals surface area contributed by atoms with Crippen molar-refractivity contribution in [3.8, 4) is 0 Å². The molecule has 168 valence electrons. The molecule has 30 heavy (non-hydrogen) atoms. The van der Waals surface area contributed by atoms with Crippen LogP contribution in [0.1, 0.15) is 82.6 Å². The van der Waals surface area contributed by atoms with E-state index < -0.39 is 17.6 Å². The summed E-state index contributed by atoms with van der Waals surface area (Å²) in [6.07, 6.45) is 12.3. The quantitative estimate of drug-likeness (QED) is 0.274. The van der Waals surface area contributed by atoms with Gasteiger partial charge in [0, 0.05) is 18.4 Å². The van der Waals surface area contributed by atoms with Crippen molar-refractivity contribution in [3.63, 3.8) is 0 Å². The van der Waals surface area contributed by atoms with Crippen LogP contribution in [0.5, 0.6) is 0 Å². The zero-order chi connectivity index (χ0) is 21.8. The molecule has 0 saturated heterocycles. The summed E-state index contributed by atoms with van der Waals surface area (Å²) in [5.74, 6) is -0.663. The Balaban J connectivity index is 1.71. The van der Waals surface area contributed by atoms with E-state index in [4.69, 9.17) is 9.94 Å². The number of oxime groups is 1. The molecule has 0 amide bonds. The van der Waals surface area contributed by atoms with Crippen molar-refractivity contribution >= 4 is 11.7 Å². The average molecular weight is 424 g/mol. The SMILES string of the molecule is CO/N=C1/CC[C@H](CCCCCCC(=O)O)[C@H]1CCCCCc1cc(F)cc(F)c1. The van der Waals surface area contributed by atoms with Gasteiger partial charge in [0.15, 0.2) is 0 Å². The molecule has 1 aromatic carbocycles. The molecule has 1 N–H and O–H groups in total. The third-order valence-electron chi connectivity index (χ3n) is 6.10. The summed E-state index contributed by atoms with van der Waals surface area (Å²) in [6, 6.07) is 3.73. The highest BCUT2D eigenvalue weighted by molar-refractivity contribution is 5.88. The molecule has 1 fully saturated rings. The van der Waals surface area contributed by atoms with E-state index in [-0.39, 0.29) is 6.42 Å². The molecule has 0 radical (unpaired) electrons. The summed E-state index contributed by atoms with van der Waals surface area (Å²) in [5, 5.41) is 13.0. The fourth-order valence-corrected chi connectivity index (χ4v) is 4.63. The molecule has 0 aliphatic heterocycles. The monoisotopic (exact) mass is 423 g/mol. The van der Waals surface area contributed by atoms with Gasteiger partial charge in [-0.25, -0.2) is 8.78 Å². The zero-order valence-corrected chi connectivity index (χ0v) is 18.0. The highest BCUT2D eigenvalue weighted by Gasteiger charge is 2.32. The molecule has 6 heteroatoms. The minimum Gasteiger partial charge on any atom is -0.481 e. The second kappa shape index (κ2) is 13.3. The Hall–Kier alpha value is -1.98. The maximum Gasteiger partial charge on any atom is 0.303 e. The van der Waals surface area contributed by atoms with E-state index >= 15 is 0 Å². The summed E-state index contributed by atoms with van der Waals surface area (Å²) in [6.45, 7) is 0. The van der Waals surface area contributed by atoms with Gasteiger partial charge in [-0.2, -0.15) is 0 Å². The van der Waals surface area contributed by atoms with E-state index in [2.05, 4.69) is 5.16 Å². The van der Waals surface area contributed by atoms with Crippen molar-refractivity contribution in [2.24, 2.45) is 17.0 Å². The van der Waals surface area contributed by atoms with Gasteiger partial charge in [0.2, 0.25) is 0 Å². The van der Waals surface area contributed by atoms with Gasteiger partial charge >= 0.3 is 5.97 Å². The van der Waals surface area contributed by atoms with Gasteiger partial charge < -0.3 is 9.94 Å². The van der Waals surface area contributed by atoms with Gasteiger partial charge in [0.1, 0.15) is 18.7 Å². The minimum atomic E-state index is -0.714. The topological polar surface area (TPSA) is 58.9 Å². The predicted molar refractivity (Wildman–Crippen MR) is 115 cm³/mol. The van der Waals surface area contributed by atoms with E-state index in [1.807, 2.05) is 0 Å². The molecule has 1 aliphatic rings. The Morgan fingerprint density at radius 3 is 2.40 bits per heavy atom. The number of carboxylic acid groups (broad SMARTS) is 1. The molecule has 0 bridgehead atoms. The van der Waals surface area contributed by atoms with Crippen LogP contribution in [0.3, 0.4) is 0 Å². The summed E-state index contributed by atoms with van der Waals surface area (Å²) in [4.78, 5) is 15.6. The molecule has 4 nitrogen and oxygen atoms in total. The van der Waals surface area contributed by atoms with Gasteiger partial charge in [-0.05, 0) is 68.6 Å². The van der Waals surface area contributed by atoms with Gasteiger partial charge in [-0.15, -0.1) is 0 Å². The van der Waals surface area contributed by atoms with E-state index in [1.54, 1.807) is 7.11 Å². The second-order valence-electron chi connectivity index (χ2n) is 8.39. The van der Waals surface area contributed by atoms with Gasteiger partial charge in [-0.3, -0.25) is 4.79 Å². The molecule has 1 aromatic rings. The summed E-state index contributed by atoms with van der Waals surface area (Å²) < 4.78 is 26.6. The van der Waals surface area contributed by atoms with Crippen LogP contribution in [-0.2, 0) is 16.1 Å². The molecular weight excluding hydrogens is 388 g/mol. The van der Waals surface area contributed by atoms with Crippen molar-refractivity contribution < 1.29 is 23.5 Å². The van der Waals surface area contributed by atoms with Crippen molar-refractivity contribution in [1.29, 1.82) is 0 Å². The molecule has 1 aliphatic carbocycles. The van der Waals surface area contributed by atoms with Crippen molar-refractivity contribution in [2.45, 2.75) is 83.5 Å². The summed E-state index contributed by atoms with van der Waals surface area (Å²) >= 11 is 0. The number of aryl methyl sites for hydroxylation is 1. The molecule has 2 rings (SSSR count). The predicted octanol–water partition coefficient (Wildman–Crippen LogP) is 6.52. The second-order valence-corrected chi connectivity index (χ2v) is 8.39. The first-order chi connectivity index (χ1) is 14.5. The van der Waals surface area contributed by atoms with Crippen LogP contribution in [-0.4, -0.2) is 23.9 Å². The van der Waals surface area contributed by atoms with Gasteiger partial charge in [0.25, 0.3) is 0 Å². The highest BCUT2D eigenvalue weighted by atomic mass is 19.1. The normalized spacial score (nSPS) is 20.0. The number of unbranched alkanes of at least 4 members (excludes halogenated alkanes) is 5. The molecule has 1 saturated carbocycles. The number of rotatable bonds is 14. The third-order valence-corrected chi connectivity index (χ3v) is 6.10. The van der Waals surface area contributed by atoms with Crippen LogP contribution in [0.15, 0.2) is 23.4 Å². The lowest BCUT2D eigenvalue weighted by atomic mass is 9.86. The Kier molecular flexibility index (Phi) is 10.8. The molecule has 0 unspecified atom stereocenters. The number of carbonyl (C=O) groups is 1. The maximum absolute atomic E-state index is 13.3. The Labute approximate surface area is 178 Å². The van der Waals surface area contributed by atoms with Crippen molar-refractivity contribution in [2.75, 3.05) is 7.11 Å². The lowest BCUT2D eigenvalue weighted by Crippen LogP contribution is -2.15. The largest absolute Gasteiger partial charge is 0.481 e. The van der Waals surface area contributed by atoms with Crippen LogP contribution in [0.4, 0.5) is 8.78 Å². The number of hydrogen-bond donors (Lipinski definition) is 1. The maximum atomic E-state index is 13.3. The Morgan fingerprint density at radius 1 is 1.03 bits per heavy atom. The van der Waals surface area contributed by atoms with E-state index in [1.165, 1.54) is 17.8 Å². The van der Waals surface area contributed by atoms with Crippen LogP contribution in [0.25, 0.3) is 0 Å². The van der Waals surface area contributed by atoms with E-state index in [0.29, 0.717) is 18.3 Å². The average Bonchev–Trinajstić information content (AvgIpc) is 3.05. The Bertz CT molecular complexity index is 673. The first-order valence-electron chi connectivity index (χ1n) is 11.3. The number of hydrogen-bond acceptors (Lipinski definition) is 3. The van der Waals surface area contributed by atoms with E-state index in [0.717, 1.165) is 82.3 Å². The fraction of sp³-hybridized carbons (Fsp3) is 0.667. The molecule has 2 atom stereocenters. The number of nitrogens with zero attached hydrogens (tertiary/aromatic N) is 1. The summed E-state index contributed by atoms with van der Waals surface area (Å²) in [7, 11) is 1.60. The van der Waals surface area contributed by atoms with Crippen molar-refractivity contribution in [3.05, 3.63) is 35.4 Å². The molecule has 0 aromatic heterocycles. The molecule has 0 heterocycles. The third kappa shape index (κ3) is 8.80. The smallest absolute Gasteiger partial charge is 0.303 e. The van der Waals surface area contributed by atoms with Gasteiger partial charge in [0.05, 0.1) is 5.71 Å². The lowest BCUT2D eigenvalue weighted by molar-refractivity contribution is -0.137. The fourth-order valence-electron chi connectivity index (χ4n) is 4.63. The summed E-state index contributed by atoms with van der Waals surface area (Å²) in [5.41, 5.74) is 1.89. The number of aliphatic carboxylic acids is 1. The lowest BCUT2D eigenvalue weighted by Gasteiger charge is -2.20. The zero-order valence-electron chi connectivity index (χ0n) is 18.0. The molecular formula is C24H35F2NO3. The van der Waals surface area contributed by atoms with E-state index in [9.17, 15) is 13.6 Å². The van der Waals surface area contributed by atoms with Gasteiger partial charge in [-0.1, -0.05) is 37.3 Å². The van der Waals surface area contributed by atoms with Crippen molar-refractivity contribution in [1.82, 2.24) is 0 Å².